The molecule has 1 saturated carbocycles. The summed E-state index contributed by atoms with van der Waals surface area (Å²) in [6.07, 6.45) is 5.17. The van der Waals surface area contributed by atoms with Crippen molar-refractivity contribution in [3.63, 3.8) is 0 Å². The number of aromatic nitrogens is 1. The zero-order valence-electron chi connectivity index (χ0n) is 25.6. The van der Waals surface area contributed by atoms with Gasteiger partial charge < -0.3 is 30.3 Å². The van der Waals surface area contributed by atoms with Gasteiger partial charge in [-0.2, -0.15) is 0 Å². The van der Waals surface area contributed by atoms with Gasteiger partial charge in [0.25, 0.3) is 17.4 Å². The minimum atomic E-state index is -1.36. The second-order valence-electron chi connectivity index (χ2n) is 11.9. The van der Waals surface area contributed by atoms with Crippen LogP contribution in [0.4, 0.5) is 5.69 Å². The molecule has 1 aliphatic heterocycles. The van der Waals surface area contributed by atoms with E-state index in [0.717, 1.165) is 25.8 Å². The summed E-state index contributed by atoms with van der Waals surface area (Å²) >= 11 is 6.37. The van der Waals surface area contributed by atoms with Crippen molar-refractivity contribution in [2.24, 2.45) is 11.8 Å². The number of nitrogens with zero attached hydrogens (tertiary/aromatic N) is 2. The van der Waals surface area contributed by atoms with Crippen molar-refractivity contribution in [2.45, 2.75) is 57.3 Å². The second-order valence-corrected chi connectivity index (χ2v) is 12.3. The molecule has 3 aromatic rings. The lowest BCUT2D eigenvalue weighted by molar-refractivity contribution is -0.137. The van der Waals surface area contributed by atoms with E-state index in [9.17, 15) is 28.8 Å². The van der Waals surface area contributed by atoms with Crippen molar-refractivity contribution in [2.75, 3.05) is 26.0 Å². The maximum atomic E-state index is 13.4. The average Bonchev–Trinajstić information content (AvgIpc) is 3.38. The van der Waals surface area contributed by atoms with Crippen LogP contribution in [0.5, 0.6) is 0 Å². The summed E-state index contributed by atoms with van der Waals surface area (Å²) in [6.45, 7) is 0.659. The number of ketones is 1. The Morgan fingerprint density at radius 2 is 1.87 bits per heavy atom. The van der Waals surface area contributed by atoms with E-state index in [-0.39, 0.29) is 47.9 Å². The van der Waals surface area contributed by atoms with Gasteiger partial charge in [0.05, 0.1) is 11.2 Å². The molecule has 2 bridgehead atoms. The summed E-state index contributed by atoms with van der Waals surface area (Å²) in [5.74, 6) is -2.85. The molecule has 4 amide bonds. The number of likely N-dealkylation sites (tertiary alicyclic amines) is 1. The molecule has 14 heteroatoms. The Hall–Kier alpha value is -4.49. The highest BCUT2D eigenvalue weighted by molar-refractivity contribution is 6.38. The molecule has 4 atom stereocenters. The third-order valence-corrected chi connectivity index (χ3v) is 9.07. The molecule has 5 rings (SSSR count). The number of Topliss-reactive ketones (excluding diaryl/α,β-unsaturated/α-hetero) is 1. The van der Waals surface area contributed by atoms with E-state index in [1.165, 1.54) is 36.4 Å². The number of carbonyl (C=O) groups is 5. The fraction of sp³-hybridized carbons (Fsp3) is 0.438. The number of rotatable bonds is 11. The Morgan fingerprint density at radius 1 is 1.09 bits per heavy atom. The number of carbonyl (C=O) groups excluding carboxylic acids is 5. The van der Waals surface area contributed by atoms with Crippen LogP contribution in [-0.2, 0) is 25.7 Å². The van der Waals surface area contributed by atoms with Gasteiger partial charge in [0.1, 0.15) is 23.9 Å². The van der Waals surface area contributed by atoms with E-state index in [1.807, 2.05) is 7.05 Å². The number of halogens is 1. The van der Waals surface area contributed by atoms with E-state index in [4.69, 9.17) is 16.0 Å². The van der Waals surface area contributed by atoms with E-state index < -0.39 is 35.1 Å². The highest BCUT2D eigenvalue weighted by Crippen LogP contribution is 2.36. The lowest BCUT2D eigenvalue weighted by Gasteiger charge is -2.46. The molecule has 2 aliphatic rings. The summed E-state index contributed by atoms with van der Waals surface area (Å²) in [4.78, 5) is 79.1. The molecule has 4 N–H and O–H groups in total. The smallest absolute Gasteiger partial charge is 0.289 e. The molecule has 46 heavy (non-hydrogen) atoms. The van der Waals surface area contributed by atoms with Crippen LogP contribution in [-0.4, -0.2) is 71.7 Å². The van der Waals surface area contributed by atoms with Gasteiger partial charge >= 0.3 is 0 Å². The monoisotopic (exact) mass is 652 g/mol. The number of hydrogen-bond donors (Lipinski definition) is 4. The molecule has 13 nitrogen and oxygen atoms in total. The number of nitrogens with one attached hydrogen (secondary N) is 4. The summed E-state index contributed by atoms with van der Waals surface area (Å²) in [7, 11) is 3.30. The Labute approximate surface area is 270 Å². The van der Waals surface area contributed by atoms with Crippen LogP contribution in [0.1, 0.15) is 49.1 Å². The van der Waals surface area contributed by atoms with Crippen molar-refractivity contribution in [3.8, 4) is 0 Å². The molecule has 1 aromatic carbocycles. The molecule has 3 unspecified atom stereocenters. The molecule has 244 valence electrons. The summed E-state index contributed by atoms with van der Waals surface area (Å²) in [5.41, 5.74) is -0.406. The van der Waals surface area contributed by atoms with Crippen LogP contribution in [0, 0.1) is 11.8 Å². The van der Waals surface area contributed by atoms with Gasteiger partial charge in [-0.1, -0.05) is 30.2 Å². The second kappa shape index (κ2) is 14.3. The SMILES string of the molecule is CNC(=O)C(=O)CC[C@H](NC(=O)c1oc2ccccc2c1Cl)C(=O)Nc1cccn(CC(=O)NC2C3CCCC(C3)CN2C)c1=O. The minimum absolute atomic E-state index is 0.0423. The van der Waals surface area contributed by atoms with Gasteiger partial charge in [-0.15, -0.1) is 0 Å². The molecular formula is C32H37ClN6O7. The minimum Gasteiger partial charge on any atom is -0.449 e. The Kier molecular flexibility index (Phi) is 10.2. The lowest BCUT2D eigenvalue weighted by atomic mass is 9.76. The average molecular weight is 653 g/mol. The van der Waals surface area contributed by atoms with Gasteiger partial charge in [0, 0.05) is 31.6 Å². The molecule has 1 aliphatic carbocycles. The fourth-order valence-electron chi connectivity index (χ4n) is 6.42. The standard InChI is InChI=1S/C32H37ClN6O7/c1-34-30(43)23(40)13-12-21(35-31(44)27-26(33)20-9-3-4-11-24(20)46-27)29(42)36-22-10-6-14-39(32(22)45)17-25(41)37-28-19-8-5-7-18(15-19)16-38(28)2/h3-4,6,9-11,14,18-19,21,28H,5,7-8,12-13,15-17H2,1-2H3,(H,34,43)(H,35,44)(H,36,42)(H,37,41)/t18?,19?,21-,28?/m0/s1. The van der Waals surface area contributed by atoms with E-state index in [1.54, 1.807) is 24.3 Å². The first-order chi connectivity index (χ1) is 22.0. The first-order valence-electron chi connectivity index (χ1n) is 15.3. The molecule has 0 radical (unpaired) electrons. The first kappa shape index (κ1) is 32.9. The Morgan fingerprint density at radius 3 is 2.63 bits per heavy atom. The van der Waals surface area contributed by atoms with Crippen LogP contribution in [0.25, 0.3) is 11.0 Å². The van der Waals surface area contributed by atoms with Gasteiger partial charge in [-0.25, -0.2) is 0 Å². The van der Waals surface area contributed by atoms with Crippen molar-refractivity contribution in [1.82, 2.24) is 25.4 Å². The molecule has 0 spiro atoms. The van der Waals surface area contributed by atoms with E-state index in [2.05, 4.69) is 26.2 Å². The van der Waals surface area contributed by atoms with Gasteiger partial charge in [0.15, 0.2) is 0 Å². The molecule has 2 aromatic heterocycles. The number of furan rings is 1. The third-order valence-electron chi connectivity index (χ3n) is 8.70. The summed E-state index contributed by atoms with van der Waals surface area (Å²) < 4.78 is 6.78. The molecular weight excluding hydrogens is 616 g/mol. The maximum absolute atomic E-state index is 13.4. The van der Waals surface area contributed by atoms with Gasteiger partial charge in [-0.05, 0) is 68.8 Å². The number of anilines is 1. The fourth-order valence-corrected chi connectivity index (χ4v) is 6.70. The quantitative estimate of drug-likeness (QED) is 0.229. The number of piperidine rings is 1. The molecule has 3 heterocycles. The summed E-state index contributed by atoms with van der Waals surface area (Å²) in [5, 5.41) is 10.9. The zero-order chi connectivity index (χ0) is 33.0. The zero-order valence-corrected chi connectivity index (χ0v) is 26.4. The number of hydrogen-bond acceptors (Lipinski definition) is 8. The lowest BCUT2D eigenvalue weighted by Crippen LogP contribution is -2.57. The number of para-hydroxylation sites is 1. The van der Waals surface area contributed by atoms with Crippen LogP contribution < -0.4 is 26.8 Å². The first-order valence-corrected chi connectivity index (χ1v) is 15.7. The summed E-state index contributed by atoms with van der Waals surface area (Å²) in [6, 6.07) is 8.26. The highest BCUT2D eigenvalue weighted by Gasteiger charge is 2.37. The van der Waals surface area contributed by atoms with Gasteiger partial charge in [0.2, 0.25) is 23.4 Å². The van der Waals surface area contributed by atoms with Gasteiger partial charge in [-0.3, -0.25) is 33.7 Å². The van der Waals surface area contributed by atoms with Crippen LogP contribution >= 0.6 is 11.6 Å². The van der Waals surface area contributed by atoms with E-state index in [0.29, 0.717) is 22.8 Å². The third kappa shape index (κ3) is 7.31. The van der Waals surface area contributed by atoms with Crippen molar-refractivity contribution in [3.05, 3.63) is 63.7 Å². The van der Waals surface area contributed by atoms with Crippen LogP contribution in [0.2, 0.25) is 5.02 Å². The number of pyridine rings is 1. The number of amides is 4. The van der Waals surface area contributed by atoms with Crippen LogP contribution in [0.3, 0.4) is 0 Å². The Balaban J connectivity index is 1.29. The van der Waals surface area contributed by atoms with Crippen molar-refractivity contribution < 1.29 is 28.4 Å². The Bertz CT molecular complexity index is 1720. The number of likely N-dealkylation sites (N-methyl/N-ethyl adjacent to an activating group) is 1. The molecule has 1 saturated heterocycles. The predicted molar refractivity (Wildman–Crippen MR) is 170 cm³/mol. The largest absolute Gasteiger partial charge is 0.449 e. The van der Waals surface area contributed by atoms with Crippen molar-refractivity contribution in [1.29, 1.82) is 0 Å². The number of fused-ring (bicyclic) bond motifs is 3. The van der Waals surface area contributed by atoms with Crippen LogP contribution in [0.15, 0.2) is 51.8 Å². The predicted octanol–water partition coefficient (Wildman–Crippen LogP) is 2.27. The molecule has 2 fully saturated rings. The number of benzene rings is 1. The maximum Gasteiger partial charge on any atom is 0.289 e. The van der Waals surface area contributed by atoms with Crippen molar-refractivity contribution >= 4 is 57.7 Å². The topological polar surface area (TPSA) is 172 Å². The normalized spacial score (nSPS) is 20.0. The van der Waals surface area contributed by atoms with E-state index >= 15 is 0 Å². The highest BCUT2D eigenvalue weighted by atomic mass is 35.5.